The largest absolute Gasteiger partial charge is 0.399 e. The van der Waals surface area contributed by atoms with Gasteiger partial charge in [-0.3, -0.25) is 9.78 Å². The zero-order chi connectivity index (χ0) is 12.8. The Morgan fingerprint density at radius 1 is 1.22 bits per heavy atom. The van der Waals surface area contributed by atoms with Gasteiger partial charge < -0.3 is 11.1 Å². The Morgan fingerprint density at radius 3 is 2.83 bits per heavy atom. The number of pyridine rings is 1. The molecule has 1 aromatic heterocycles. The lowest BCUT2D eigenvalue weighted by Crippen LogP contribution is -2.24. The third-order valence-electron chi connectivity index (χ3n) is 2.51. The summed E-state index contributed by atoms with van der Waals surface area (Å²) in [4.78, 5) is 15.9. The molecule has 0 aliphatic carbocycles. The smallest absolute Gasteiger partial charge is 0.224 e. The van der Waals surface area contributed by atoms with Crippen molar-refractivity contribution in [3.05, 3.63) is 59.9 Å². The van der Waals surface area contributed by atoms with E-state index in [1.54, 1.807) is 18.3 Å². The Hall–Kier alpha value is -2.36. The average Bonchev–Trinajstić information content (AvgIpc) is 2.38. The second kappa shape index (κ2) is 5.82. The molecule has 2 rings (SSSR count). The first-order valence-corrected chi connectivity index (χ1v) is 5.75. The van der Waals surface area contributed by atoms with Gasteiger partial charge in [0.15, 0.2) is 0 Å². The Bertz CT molecular complexity index is 526. The van der Waals surface area contributed by atoms with Crippen LogP contribution in [0, 0.1) is 0 Å². The molecule has 0 aliphatic heterocycles. The lowest BCUT2D eigenvalue weighted by Gasteiger charge is -2.05. The first kappa shape index (κ1) is 12.1. The van der Waals surface area contributed by atoms with E-state index in [1.807, 2.05) is 30.3 Å². The van der Waals surface area contributed by atoms with Crippen LogP contribution in [0.15, 0.2) is 48.7 Å². The second-order valence-electron chi connectivity index (χ2n) is 4.02. The van der Waals surface area contributed by atoms with Gasteiger partial charge in [-0.2, -0.15) is 0 Å². The molecule has 0 bridgehead atoms. The summed E-state index contributed by atoms with van der Waals surface area (Å²) in [6, 6.07) is 13.0. The summed E-state index contributed by atoms with van der Waals surface area (Å²) in [5.74, 6) is -0.0359. The fourth-order valence-electron chi connectivity index (χ4n) is 1.64. The van der Waals surface area contributed by atoms with Crippen LogP contribution >= 0.6 is 0 Å². The number of benzene rings is 1. The Labute approximate surface area is 106 Å². The third kappa shape index (κ3) is 3.59. The Kier molecular flexibility index (Phi) is 3.91. The number of nitrogens with zero attached hydrogens (tertiary/aromatic N) is 1. The number of carbonyl (C=O) groups is 1. The molecule has 4 heteroatoms. The molecule has 1 amide bonds. The number of amides is 1. The van der Waals surface area contributed by atoms with E-state index in [-0.39, 0.29) is 5.91 Å². The van der Waals surface area contributed by atoms with Crippen molar-refractivity contribution in [2.24, 2.45) is 0 Å². The van der Waals surface area contributed by atoms with Gasteiger partial charge in [-0.05, 0) is 29.8 Å². The zero-order valence-corrected chi connectivity index (χ0v) is 9.97. The van der Waals surface area contributed by atoms with E-state index in [0.717, 1.165) is 11.3 Å². The van der Waals surface area contributed by atoms with E-state index in [9.17, 15) is 4.79 Å². The van der Waals surface area contributed by atoms with Crippen LogP contribution in [0.5, 0.6) is 0 Å². The predicted octanol–water partition coefficient (Wildman–Crippen LogP) is 1.52. The van der Waals surface area contributed by atoms with Gasteiger partial charge in [0.05, 0.1) is 18.7 Å². The van der Waals surface area contributed by atoms with Crippen LogP contribution in [0.1, 0.15) is 11.3 Å². The van der Waals surface area contributed by atoms with Crippen molar-refractivity contribution in [2.75, 3.05) is 5.73 Å². The summed E-state index contributed by atoms with van der Waals surface area (Å²) in [6.07, 6.45) is 2.04. The van der Waals surface area contributed by atoms with Crippen LogP contribution < -0.4 is 11.1 Å². The summed E-state index contributed by atoms with van der Waals surface area (Å²) in [7, 11) is 0. The summed E-state index contributed by atoms with van der Waals surface area (Å²) in [6.45, 7) is 0.446. The van der Waals surface area contributed by atoms with Gasteiger partial charge in [-0.15, -0.1) is 0 Å². The first-order valence-electron chi connectivity index (χ1n) is 5.75. The number of nitrogens with two attached hydrogens (primary N) is 1. The topological polar surface area (TPSA) is 68.0 Å². The molecule has 92 valence electrons. The molecule has 0 saturated heterocycles. The summed E-state index contributed by atoms with van der Waals surface area (Å²) in [5.41, 5.74) is 8.09. The maximum Gasteiger partial charge on any atom is 0.224 e. The van der Waals surface area contributed by atoms with E-state index in [2.05, 4.69) is 10.3 Å². The number of hydrogen-bond acceptors (Lipinski definition) is 3. The van der Waals surface area contributed by atoms with Gasteiger partial charge in [0.1, 0.15) is 0 Å². The predicted molar refractivity (Wildman–Crippen MR) is 70.6 cm³/mol. The van der Waals surface area contributed by atoms with Crippen LogP contribution in [0.4, 0.5) is 5.69 Å². The lowest BCUT2D eigenvalue weighted by atomic mass is 10.1. The van der Waals surface area contributed by atoms with Crippen LogP contribution in [-0.2, 0) is 17.8 Å². The summed E-state index contributed by atoms with van der Waals surface area (Å²) >= 11 is 0. The van der Waals surface area contributed by atoms with Gasteiger partial charge in [0, 0.05) is 11.9 Å². The van der Waals surface area contributed by atoms with Gasteiger partial charge in [0.2, 0.25) is 5.91 Å². The summed E-state index contributed by atoms with van der Waals surface area (Å²) in [5, 5.41) is 2.82. The highest BCUT2D eigenvalue weighted by Crippen LogP contribution is 2.07. The molecule has 0 radical (unpaired) electrons. The highest BCUT2D eigenvalue weighted by molar-refractivity contribution is 5.78. The van der Waals surface area contributed by atoms with Crippen LogP contribution in [0.2, 0.25) is 0 Å². The molecule has 18 heavy (non-hydrogen) atoms. The van der Waals surface area contributed by atoms with Crippen molar-refractivity contribution in [1.82, 2.24) is 10.3 Å². The van der Waals surface area contributed by atoms with Crippen LogP contribution in [0.3, 0.4) is 0 Å². The molecule has 0 spiro atoms. The maximum absolute atomic E-state index is 11.7. The monoisotopic (exact) mass is 241 g/mol. The number of hydrogen-bond donors (Lipinski definition) is 2. The fraction of sp³-hybridized carbons (Fsp3) is 0.143. The summed E-state index contributed by atoms with van der Waals surface area (Å²) < 4.78 is 0. The van der Waals surface area contributed by atoms with E-state index < -0.39 is 0 Å². The van der Waals surface area contributed by atoms with Crippen molar-refractivity contribution < 1.29 is 4.79 Å². The number of anilines is 1. The molecular formula is C14H15N3O. The number of carbonyl (C=O) groups excluding carboxylic acids is 1. The molecule has 1 heterocycles. The Balaban J connectivity index is 1.86. The molecule has 0 fully saturated rings. The Morgan fingerprint density at radius 2 is 2.11 bits per heavy atom. The van der Waals surface area contributed by atoms with Crippen molar-refractivity contribution in [2.45, 2.75) is 13.0 Å². The molecule has 3 N–H and O–H groups in total. The molecular weight excluding hydrogens is 226 g/mol. The molecule has 4 nitrogen and oxygen atoms in total. The molecule has 1 aromatic carbocycles. The molecule has 0 saturated carbocycles. The number of aromatic nitrogens is 1. The fourth-order valence-corrected chi connectivity index (χ4v) is 1.64. The highest BCUT2D eigenvalue weighted by Gasteiger charge is 2.03. The second-order valence-corrected chi connectivity index (χ2v) is 4.02. The maximum atomic E-state index is 11.7. The quantitative estimate of drug-likeness (QED) is 0.797. The van der Waals surface area contributed by atoms with Crippen molar-refractivity contribution in [3.8, 4) is 0 Å². The van der Waals surface area contributed by atoms with Crippen molar-refractivity contribution in [1.29, 1.82) is 0 Å². The van der Waals surface area contributed by atoms with Crippen molar-refractivity contribution >= 4 is 11.6 Å². The van der Waals surface area contributed by atoms with Crippen molar-refractivity contribution in [3.63, 3.8) is 0 Å². The standard InChI is InChI=1S/C14H15N3O/c15-12-5-3-4-11(8-12)9-14(18)17-10-13-6-1-2-7-16-13/h1-8H,9-10,15H2,(H,17,18). The van der Waals surface area contributed by atoms with E-state index in [1.165, 1.54) is 0 Å². The minimum absolute atomic E-state index is 0.0359. The SMILES string of the molecule is Nc1cccc(CC(=O)NCc2ccccn2)c1. The molecule has 0 aliphatic rings. The van der Waals surface area contributed by atoms with Crippen LogP contribution in [0.25, 0.3) is 0 Å². The molecule has 0 unspecified atom stereocenters. The van der Waals surface area contributed by atoms with E-state index in [0.29, 0.717) is 18.7 Å². The number of rotatable bonds is 4. The van der Waals surface area contributed by atoms with Gasteiger partial charge >= 0.3 is 0 Å². The third-order valence-corrected chi connectivity index (χ3v) is 2.51. The average molecular weight is 241 g/mol. The van der Waals surface area contributed by atoms with Gasteiger partial charge in [0.25, 0.3) is 0 Å². The van der Waals surface area contributed by atoms with E-state index >= 15 is 0 Å². The lowest BCUT2D eigenvalue weighted by molar-refractivity contribution is -0.120. The number of nitrogens with one attached hydrogen (secondary N) is 1. The van der Waals surface area contributed by atoms with E-state index in [4.69, 9.17) is 5.73 Å². The van der Waals surface area contributed by atoms with Gasteiger partial charge in [-0.1, -0.05) is 18.2 Å². The minimum Gasteiger partial charge on any atom is -0.399 e. The zero-order valence-electron chi connectivity index (χ0n) is 9.97. The molecule has 2 aromatic rings. The van der Waals surface area contributed by atoms with Gasteiger partial charge in [-0.25, -0.2) is 0 Å². The normalized spacial score (nSPS) is 10.0. The molecule has 0 atom stereocenters. The highest BCUT2D eigenvalue weighted by atomic mass is 16.1. The number of nitrogen functional groups attached to an aromatic ring is 1. The first-order chi connectivity index (χ1) is 8.74. The minimum atomic E-state index is -0.0359. The van der Waals surface area contributed by atoms with Crippen LogP contribution in [-0.4, -0.2) is 10.9 Å².